The number of esters is 2. The second-order valence-electron chi connectivity index (χ2n) is 15.3. The Morgan fingerprint density at radius 2 is 0.967 bits per heavy atom. The first-order chi connectivity index (χ1) is 29.0. The summed E-state index contributed by atoms with van der Waals surface area (Å²) in [5.41, 5.74) is 0. The zero-order valence-electron chi connectivity index (χ0n) is 37.8. The molecule has 10 heteroatoms. The lowest BCUT2D eigenvalue weighted by Gasteiger charge is -2.28. The fourth-order valence-electron chi connectivity index (χ4n) is 5.02. The van der Waals surface area contributed by atoms with Crippen LogP contribution in [0.15, 0.2) is 122 Å². The zero-order chi connectivity index (χ0) is 44.3. The number of hydrogen-bond acceptors (Lipinski definition) is 8. The number of carbonyl (C=O) groups is 2. The van der Waals surface area contributed by atoms with Gasteiger partial charge in [-0.2, -0.15) is 0 Å². The number of unbranched alkanes of at least 4 members (excludes halogenated alkanes) is 4. The van der Waals surface area contributed by atoms with Gasteiger partial charge in [-0.1, -0.05) is 148 Å². The number of rotatable bonds is 38. The van der Waals surface area contributed by atoms with Crippen LogP contribution in [0.2, 0.25) is 0 Å². The Morgan fingerprint density at radius 1 is 0.533 bits per heavy atom. The van der Waals surface area contributed by atoms with Gasteiger partial charge in [0.2, 0.25) is 0 Å². The molecule has 0 spiro atoms. The summed E-state index contributed by atoms with van der Waals surface area (Å²) >= 11 is 0. The second-order valence-corrected chi connectivity index (χ2v) is 16.7. The van der Waals surface area contributed by atoms with Crippen molar-refractivity contribution < 1.29 is 42.1 Å². The Morgan fingerprint density at radius 3 is 1.42 bits per heavy atom. The number of hydrogen-bond donors (Lipinski definition) is 0. The van der Waals surface area contributed by atoms with E-state index in [9.17, 15) is 19.0 Å². The summed E-state index contributed by atoms with van der Waals surface area (Å²) in [5, 5.41) is 0. The summed E-state index contributed by atoms with van der Waals surface area (Å²) in [6.07, 6.45) is 56.8. The number of likely N-dealkylation sites (N-methyl/N-ethyl adjacent to an activating group) is 1. The monoisotopic (exact) mass is 854 g/mol. The molecule has 0 aromatic carbocycles. The first-order valence-corrected chi connectivity index (χ1v) is 23.7. The first kappa shape index (κ1) is 56.4. The van der Waals surface area contributed by atoms with Crippen molar-refractivity contribution in [1.82, 2.24) is 0 Å². The molecule has 1 unspecified atom stereocenters. The van der Waals surface area contributed by atoms with Crippen molar-refractivity contribution in [2.75, 3.05) is 47.5 Å². The van der Waals surface area contributed by atoms with Gasteiger partial charge >= 0.3 is 11.9 Å². The summed E-state index contributed by atoms with van der Waals surface area (Å²) < 4.78 is 33.7. The van der Waals surface area contributed by atoms with Crippen LogP contribution < -0.4 is 4.89 Å². The van der Waals surface area contributed by atoms with E-state index < -0.39 is 32.5 Å². The minimum Gasteiger partial charge on any atom is -0.756 e. The smallest absolute Gasteiger partial charge is 0.306 e. The van der Waals surface area contributed by atoms with E-state index in [4.69, 9.17) is 18.5 Å². The van der Waals surface area contributed by atoms with E-state index in [1.807, 2.05) is 39.4 Å². The Balaban J connectivity index is 4.60. The van der Waals surface area contributed by atoms with Crippen LogP contribution in [0, 0.1) is 0 Å². The molecule has 9 nitrogen and oxygen atoms in total. The summed E-state index contributed by atoms with van der Waals surface area (Å²) in [7, 11) is 1.07. The molecule has 0 saturated heterocycles. The van der Waals surface area contributed by atoms with Gasteiger partial charge in [0.25, 0.3) is 7.82 Å². The molecule has 0 aromatic rings. The molecule has 60 heavy (non-hydrogen) atoms. The second kappa shape index (κ2) is 40.8. The molecule has 0 aromatic heterocycles. The fourth-order valence-corrected chi connectivity index (χ4v) is 5.75. The van der Waals surface area contributed by atoms with Crippen LogP contribution in [0.1, 0.15) is 129 Å². The van der Waals surface area contributed by atoms with Gasteiger partial charge in [-0.15, -0.1) is 0 Å². The maximum absolute atomic E-state index is 12.7. The molecule has 0 amide bonds. The van der Waals surface area contributed by atoms with E-state index in [0.717, 1.165) is 57.8 Å². The average Bonchev–Trinajstić information content (AvgIpc) is 3.20. The predicted octanol–water partition coefficient (Wildman–Crippen LogP) is 12.3. The molecule has 0 aliphatic heterocycles. The van der Waals surface area contributed by atoms with E-state index >= 15 is 0 Å². The number of carbonyl (C=O) groups excluding carboxylic acids is 2. The van der Waals surface area contributed by atoms with Crippen LogP contribution >= 0.6 is 7.82 Å². The molecular weight excluding hydrogens is 774 g/mol. The number of phosphoric acid groups is 1. The van der Waals surface area contributed by atoms with Gasteiger partial charge in [-0.25, -0.2) is 0 Å². The Labute approximate surface area is 365 Å². The highest BCUT2D eigenvalue weighted by Gasteiger charge is 2.21. The molecule has 0 radical (unpaired) electrons. The third-order valence-corrected chi connectivity index (χ3v) is 9.44. The molecule has 0 rings (SSSR count). The number of allylic oxidation sites excluding steroid dienone is 20. The van der Waals surface area contributed by atoms with Crippen LogP contribution in [0.3, 0.4) is 0 Å². The normalized spacial score (nSPS) is 14.7. The third kappa shape index (κ3) is 44.0. The van der Waals surface area contributed by atoms with Crippen LogP contribution in [0.4, 0.5) is 0 Å². The standard InChI is InChI=1S/C50H80NO8P/c1-6-8-10-12-14-16-18-20-22-24-25-27-28-30-32-34-36-38-40-42-49(52)56-46-48(47-58-60(54,55)57-45-44-51(3,4)5)59-50(53)43-41-39-37-35-33-31-29-26-23-21-19-17-15-13-11-9-7-2/h9,11,14-17,20-23,25,27,29-32,35-38,48H,6-8,10,12-13,18-19,24,26,28,33-34,39-47H2,1-5H3/b11-9+,16-14+,17-15+,22-20+,23-21+,27-25+,31-29+,32-30+,37-35+,38-36+/t48-/m1/s1. The van der Waals surface area contributed by atoms with E-state index in [1.54, 1.807) is 0 Å². The Hall–Kier alpha value is -3.59. The van der Waals surface area contributed by atoms with Crippen LogP contribution in [-0.2, 0) is 32.7 Å². The van der Waals surface area contributed by atoms with Gasteiger partial charge in [0.1, 0.15) is 19.8 Å². The molecule has 338 valence electrons. The molecular formula is C50H80NO8P. The lowest BCUT2D eigenvalue weighted by Crippen LogP contribution is -2.37. The van der Waals surface area contributed by atoms with Crippen molar-refractivity contribution in [3.63, 3.8) is 0 Å². The summed E-state index contributed by atoms with van der Waals surface area (Å²) in [6, 6.07) is 0. The zero-order valence-corrected chi connectivity index (χ0v) is 38.7. The molecule has 0 saturated carbocycles. The predicted molar refractivity (Wildman–Crippen MR) is 249 cm³/mol. The molecule has 0 aliphatic carbocycles. The number of quaternary nitrogens is 1. The molecule has 0 heterocycles. The van der Waals surface area contributed by atoms with Gasteiger partial charge in [0, 0.05) is 12.8 Å². The van der Waals surface area contributed by atoms with Gasteiger partial charge in [0.15, 0.2) is 6.10 Å². The van der Waals surface area contributed by atoms with Crippen molar-refractivity contribution in [2.24, 2.45) is 0 Å². The average molecular weight is 854 g/mol. The highest BCUT2D eigenvalue weighted by Crippen LogP contribution is 2.38. The molecule has 0 N–H and O–H groups in total. The van der Waals surface area contributed by atoms with Crippen LogP contribution in [0.25, 0.3) is 0 Å². The molecule has 2 atom stereocenters. The quantitative estimate of drug-likeness (QED) is 0.0198. The number of ether oxygens (including phenoxy) is 2. The highest BCUT2D eigenvalue weighted by molar-refractivity contribution is 7.45. The minimum atomic E-state index is -4.67. The lowest BCUT2D eigenvalue weighted by atomic mass is 10.2. The topological polar surface area (TPSA) is 111 Å². The number of phosphoric ester groups is 1. The number of nitrogens with zero attached hydrogens (tertiary/aromatic N) is 1. The van der Waals surface area contributed by atoms with Gasteiger partial charge in [-0.05, 0) is 89.9 Å². The molecule has 0 aliphatic rings. The molecule has 0 bridgehead atoms. The third-order valence-electron chi connectivity index (χ3n) is 8.48. The van der Waals surface area contributed by atoms with Crippen LogP contribution in [0.5, 0.6) is 0 Å². The van der Waals surface area contributed by atoms with Crippen molar-refractivity contribution in [2.45, 2.75) is 136 Å². The maximum Gasteiger partial charge on any atom is 0.306 e. The largest absolute Gasteiger partial charge is 0.756 e. The van der Waals surface area contributed by atoms with Crippen molar-refractivity contribution in [1.29, 1.82) is 0 Å². The highest BCUT2D eigenvalue weighted by atomic mass is 31.2. The summed E-state index contributed by atoms with van der Waals surface area (Å²) in [4.78, 5) is 37.5. The summed E-state index contributed by atoms with van der Waals surface area (Å²) in [6.45, 7) is 3.89. The maximum atomic E-state index is 12.7. The molecule has 0 fully saturated rings. The lowest BCUT2D eigenvalue weighted by molar-refractivity contribution is -0.870. The Bertz CT molecular complexity index is 1430. The Kier molecular flexibility index (Phi) is 38.4. The van der Waals surface area contributed by atoms with Crippen molar-refractivity contribution >= 4 is 19.8 Å². The van der Waals surface area contributed by atoms with E-state index in [2.05, 4.69) is 117 Å². The van der Waals surface area contributed by atoms with E-state index in [1.165, 1.54) is 25.7 Å². The van der Waals surface area contributed by atoms with E-state index in [-0.39, 0.29) is 26.1 Å². The van der Waals surface area contributed by atoms with Gasteiger partial charge in [-0.3, -0.25) is 14.2 Å². The first-order valence-electron chi connectivity index (χ1n) is 22.2. The van der Waals surface area contributed by atoms with E-state index in [0.29, 0.717) is 30.3 Å². The SMILES string of the molecule is CC/C=C/C/C=C/C/C=C/C/C=C/C/C=C/CCCC(=O)O[C@H](COC(=O)CC/C=C/C/C=C/C/C=C/C/C=C/C/C=C/CCCCC)COP(=O)([O-])OCC[N+](C)(C)C. The van der Waals surface area contributed by atoms with Gasteiger partial charge < -0.3 is 27.9 Å². The summed E-state index contributed by atoms with van der Waals surface area (Å²) in [5.74, 6) is -1.01. The van der Waals surface area contributed by atoms with Crippen LogP contribution in [-0.4, -0.2) is 70.0 Å². The van der Waals surface area contributed by atoms with Crippen molar-refractivity contribution in [3.8, 4) is 0 Å². The minimum absolute atomic E-state index is 0.0601. The van der Waals surface area contributed by atoms with Gasteiger partial charge in [0.05, 0.1) is 27.7 Å². The van der Waals surface area contributed by atoms with Crippen molar-refractivity contribution in [3.05, 3.63) is 122 Å². The fraction of sp³-hybridized carbons (Fsp3) is 0.560.